The minimum atomic E-state index is -0.248. The van der Waals surface area contributed by atoms with E-state index in [1.807, 2.05) is 0 Å². The van der Waals surface area contributed by atoms with E-state index in [2.05, 4.69) is 17.1 Å². The lowest BCUT2D eigenvalue weighted by atomic mass is 10.0. The van der Waals surface area contributed by atoms with Crippen LogP contribution in [0.25, 0.3) is 0 Å². The molecule has 1 fully saturated rings. The molecule has 2 N–H and O–H groups in total. The second kappa shape index (κ2) is 8.77. The molecule has 0 spiro atoms. The van der Waals surface area contributed by atoms with Crippen LogP contribution >= 0.6 is 0 Å². The molecule has 0 radical (unpaired) electrons. The van der Waals surface area contributed by atoms with Crippen molar-refractivity contribution in [3.63, 3.8) is 0 Å². The third-order valence-corrected chi connectivity index (χ3v) is 4.51. The molecule has 1 aliphatic rings. The summed E-state index contributed by atoms with van der Waals surface area (Å²) in [6.45, 7) is 5.04. The monoisotopic (exact) mass is 320 g/mol. The van der Waals surface area contributed by atoms with Gasteiger partial charge >= 0.3 is 0 Å². The molecule has 1 atom stereocenters. The Labute approximate surface area is 138 Å². The van der Waals surface area contributed by atoms with Gasteiger partial charge in [0.2, 0.25) is 0 Å². The Morgan fingerprint density at radius 2 is 2.26 bits per heavy atom. The first-order chi connectivity index (χ1) is 11.2. The number of phenols is 1. The fraction of sp³-hybridized carbons (Fsp3) is 0.611. The maximum atomic E-state index is 12.4. The highest BCUT2D eigenvalue weighted by Crippen LogP contribution is 2.29. The minimum absolute atomic E-state index is 0.0982. The highest BCUT2D eigenvalue weighted by atomic mass is 16.5. The summed E-state index contributed by atoms with van der Waals surface area (Å²) < 4.78 is 5.05. The zero-order valence-electron chi connectivity index (χ0n) is 14.2. The topological polar surface area (TPSA) is 61.8 Å². The summed E-state index contributed by atoms with van der Waals surface area (Å²) in [6, 6.07) is 5.36. The average Bonchev–Trinajstić information content (AvgIpc) is 2.58. The van der Waals surface area contributed by atoms with Crippen molar-refractivity contribution in [2.45, 2.75) is 45.1 Å². The van der Waals surface area contributed by atoms with Gasteiger partial charge in [-0.3, -0.25) is 9.69 Å². The van der Waals surface area contributed by atoms with Crippen molar-refractivity contribution in [2.75, 3.05) is 26.7 Å². The molecule has 1 saturated heterocycles. The molecule has 1 aromatic rings. The maximum Gasteiger partial charge on any atom is 0.255 e. The van der Waals surface area contributed by atoms with E-state index >= 15 is 0 Å². The quantitative estimate of drug-likeness (QED) is 0.811. The minimum Gasteiger partial charge on any atom is -0.504 e. The zero-order chi connectivity index (χ0) is 16.7. The van der Waals surface area contributed by atoms with Crippen molar-refractivity contribution in [1.82, 2.24) is 10.2 Å². The van der Waals surface area contributed by atoms with Crippen LogP contribution in [0.1, 0.15) is 49.4 Å². The van der Waals surface area contributed by atoms with E-state index in [9.17, 15) is 9.90 Å². The van der Waals surface area contributed by atoms with Gasteiger partial charge in [-0.2, -0.15) is 0 Å². The van der Waals surface area contributed by atoms with Crippen molar-refractivity contribution in [1.29, 1.82) is 0 Å². The molecule has 5 nitrogen and oxygen atoms in total. The van der Waals surface area contributed by atoms with Crippen LogP contribution in [-0.2, 0) is 0 Å². The SMILES string of the molecule is CCCCN1CCCCC1CNC(=O)c1cccc(OC)c1O. The Kier molecular flexibility index (Phi) is 6.71. The van der Waals surface area contributed by atoms with Crippen LogP contribution in [0.3, 0.4) is 0 Å². The van der Waals surface area contributed by atoms with Crippen LogP contribution in [0, 0.1) is 0 Å². The molecule has 128 valence electrons. The smallest absolute Gasteiger partial charge is 0.255 e. The first kappa shape index (κ1) is 17.6. The van der Waals surface area contributed by atoms with Crippen LogP contribution in [0.4, 0.5) is 0 Å². The number of hydrogen-bond acceptors (Lipinski definition) is 4. The molecule has 1 amide bonds. The summed E-state index contributed by atoms with van der Waals surface area (Å²) in [5.41, 5.74) is 0.264. The van der Waals surface area contributed by atoms with Gasteiger partial charge < -0.3 is 15.2 Å². The van der Waals surface area contributed by atoms with Crippen molar-refractivity contribution in [3.8, 4) is 11.5 Å². The lowest BCUT2D eigenvalue weighted by molar-refractivity contribution is 0.0909. The fourth-order valence-corrected chi connectivity index (χ4v) is 3.12. The first-order valence-electron chi connectivity index (χ1n) is 8.55. The maximum absolute atomic E-state index is 12.4. The number of aromatic hydroxyl groups is 1. The van der Waals surface area contributed by atoms with Crippen LogP contribution in [0.5, 0.6) is 11.5 Å². The molecule has 0 aliphatic carbocycles. The number of carbonyl (C=O) groups is 1. The highest BCUT2D eigenvalue weighted by molar-refractivity contribution is 5.97. The Morgan fingerprint density at radius 3 is 3.00 bits per heavy atom. The number of para-hydroxylation sites is 1. The van der Waals surface area contributed by atoms with Crippen molar-refractivity contribution in [2.24, 2.45) is 0 Å². The van der Waals surface area contributed by atoms with E-state index in [0.717, 1.165) is 19.5 Å². The van der Waals surface area contributed by atoms with Crippen molar-refractivity contribution >= 4 is 5.91 Å². The summed E-state index contributed by atoms with van der Waals surface area (Å²) in [5, 5.41) is 13.0. The summed E-state index contributed by atoms with van der Waals surface area (Å²) in [7, 11) is 1.48. The van der Waals surface area contributed by atoms with E-state index in [1.54, 1.807) is 18.2 Å². The number of piperidine rings is 1. The van der Waals surface area contributed by atoms with Gasteiger partial charge in [-0.15, -0.1) is 0 Å². The van der Waals surface area contributed by atoms with E-state index in [4.69, 9.17) is 4.74 Å². The van der Waals surface area contributed by atoms with Crippen LogP contribution < -0.4 is 10.1 Å². The van der Waals surface area contributed by atoms with Crippen LogP contribution in [0.15, 0.2) is 18.2 Å². The number of unbranched alkanes of at least 4 members (excludes halogenated alkanes) is 1. The van der Waals surface area contributed by atoms with Gasteiger partial charge in [-0.1, -0.05) is 25.8 Å². The van der Waals surface area contributed by atoms with Crippen LogP contribution in [0.2, 0.25) is 0 Å². The Morgan fingerprint density at radius 1 is 1.43 bits per heavy atom. The second-order valence-corrected chi connectivity index (χ2v) is 6.11. The Hall–Kier alpha value is -1.75. The van der Waals surface area contributed by atoms with Gasteiger partial charge in [-0.05, 0) is 44.5 Å². The highest BCUT2D eigenvalue weighted by Gasteiger charge is 2.23. The number of ether oxygens (including phenoxy) is 1. The molecule has 5 heteroatoms. The van der Waals surface area contributed by atoms with Crippen molar-refractivity contribution < 1.29 is 14.6 Å². The number of methoxy groups -OCH3 is 1. The molecular formula is C18H28N2O3. The van der Waals surface area contributed by atoms with E-state index < -0.39 is 0 Å². The number of amides is 1. The first-order valence-corrected chi connectivity index (χ1v) is 8.55. The third-order valence-electron chi connectivity index (χ3n) is 4.51. The Bertz CT molecular complexity index is 519. The van der Waals surface area contributed by atoms with Gasteiger partial charge in [-0.25, -0.2) is 0 Å². The second-order valence-electron chi connectivity index (χ2n) is 6.11. The van der Waals surface area contributed by atoms with E-state index in [-0.39, 0.29) is 17.2 Å². The molecule has 0 aromatic heterocycles. The molecule has 1 unspecified atom stereocenters. The molecule has 1 heterocycles. The molecule has 0 bridgehead atoms. The lowest BCUT2D eigenvalue weighted by Crippen LogP contribution is -2.47. The van der Waals surface area contributed by atoms with Crippen LogP contribution in [-0.4, -0.2) is 48.7 Å². The number of nitrogens with zero attached hydrogens (tertiary/aromatic N) is 1. The molecule has 23 heavy (non-hydrogen) atoms. The predicted octanol–water partition coefficient (Wildman–Crippen LogP) is 2.79. The zero-order valence-corrected chi connectivity index (χ0v) is 14.2. The molecule has 2 rings (SSSR count). The number of carbonyl (C=O) groups excluding carboxylic acids is 1. The summed E-state index contributed by atoms with van der Waals surface area (Å²) in [5.74, 6) is -0.0266. The fourth-order valence-electron chi connectivity index (χ4n) is 3.12. The molecule has 1 aliphatic heterocycles. The van der Waals surface area contributed by atoms with Gasteiger partial charge in [0.25, 0.3) is 5.91 Å². The van der Waals surface area contributed by atoms with Gasteiger partial charge in [0.1, 0.15) is 0 Å². The normalized spacial score (nSPS) is 18.6. The largest absolute Gasteiger partial charge is 0.504 e. The third kappa shape index (κ3) is 4.61. The van der Waals surface area contributed by atoms with E-state index in [1.165, 1.54) is 32.8 Å². The van der Waals surface area contributed by atoms with Gasteiger partial charge in [0.05, 0.1) is 12.7 Å². The number of nitrogens with one attached hydrogen (secondary N) is 1. The lowest BCUT2D eigenvalue weighted by Gasteiger charge is -2.35. The molecular weight excluding hydrogens is 292 g/mol. The average molecular weight is 320 g/mol. The van der Waals surface area contributed by atoms with Gasteiger partial charge in [0.15, 0.2) is 11.5 Å². The molecule has 1 aromatic carbocycles. The summed E-state index contributed by atoms with van der Waals surface area (Å²) >= 11 is 0. The predicted molar refractivity (Wildman–Crippen MR) is 91.1 cm³/mol. The molecule has 0 saturated carbocycles. The summed E-state index contributed by atoms with van der Waals surface area (Å²) in [4.78, 5) is 14.8. The van der Waals surface area contributed by atoms with Crippen molar-refractivity contribution in [3.05, 3.63) is 23.8 Å². The standard InChI is InChI=1S/C18H28N2O3/c1-3-4-11-20-12-6-5-8-14(20)13-19-18(22)15-9-7-10-16(23-2)17(15)21/h7,9-10,14,21H,3-6,8,11-13H2,1-2H3,(H,19,22). The van der Waals surface area contributed by atoms with Gasteiger partial charge in [0, 0.05) is 12.6 Å². The number of hydrogen-bond donors (Lipinski definition) is 2. The number of rotatable bonds is 7. The van der Waals surface area contributed by atoms with E-state index in [0.29, 0.717) is 18.3 Å². The Balaban J connectivity index is 1.95. The number of phenolic OH excluding ortho intramolecular Hbond substituents is 1. The summed E-state index contributed by atoms with van der Waals surface area (Å²) in [6.07, 6.45) is 5.96. The number of benzene rings is 1. The number of likely N-dealkylation sites (tertiary alicyclic amines) is 1.